The summed E-state index contributed by atoms with van der Waals surface area (Å²) in [6.07, 6.45) is 3.10. The van der Waals surface area contributed by atoms with Crippen molar-refractivity contribution in [2.24, 2.45) is 5.73 Å². The van der Waals surface area contributed by atoms with Crippen molar-refractivity contribution in [1.82, 2.24) is 15.2 Å². The van der Waals surface area contributed by atoms with Crippen LogP contribution in [0.2, 0.25) is 0 Å². The van der Waals surface area contributed by atoms with Gasteiger partial charge in [-0.3, -0.25) is 14.5 Å². The first-order chi connectivity index (χ1) is 20.8. The number of rotatable bonds is 8. The van der Waals surface area contributed by atoms with Crippen LogP contribution in [0.1, 0.15) is 28.1 Å². The number of pyridine rings is 1. The minimum absolute atomic E-state index is 0.134. The molecular weight excluding hydrogens is 568 g/mol. The Morgan fingerprint density at radius 2 is 1.98 bits per heavy atom. The third kappa shape index (κ3) is 5.64. The van der Waals surface area contributed by atoms with Crippen LogP contribution in [0.3, 0.4) is 0 Å². The average Bonchev–Trinajstić information content (AvgIpc) is 3.38. The average molecular weight is 601 g/mol. The molecule has 6 rings (SSSR count). The second-order valence-electron chi connectivity index (χ2n) is 10.6. The fourth-order valence-electron chi connectivity index (χ4n) is 5.58. The third-order valence-corrected chi connectivity index (χ3v) is 8.67. The van der Waals surface area contributed by atoms with Crippen molar-refractivity contribution in [3.63, 3.8) is 0 Å². The summed E-state index contributed by atoms with van der Waals surface area (Å²) in [5, 5.41) is 6.71. The van der Waals surface area contributed by atoms with Crippen molar-refractivity contribution in [1.29, 1.82) is 0 Å². The molecule has 2 aliphatic heterocycles. The van der Waals surface area contributed by atoms with E-state index in [4.69, 9.17) is 15.2 Å². The van der Waals surface area contributed by atoms with Gasteiger partial charge >= 0.3 is 6.03 Å². The SMILES string of the molecule is COC[C@H](N)C(=O)N1CCC[C@@H](NC(=O)c2sc3nccc4c3c2NC(=O)N4c2ccc(Oc3ccccc3)cc2C)C1. The van der Waals surface area contributed by atoms with Crippen molar-refractivity contribution in [2.45, 2.75) is 31.8 Å². The Labute approximate surface area is 252 Å². The smallest absolute Gasteiger partial charge is 0.331 e. The minimum atomic E-state index is -0.745. The van der Waals surface area contributed by atoms with E-state index in [0.717, 1.165) is 24.2 Å². The molecule has 0 bridgehead atoms. The number of carbonyl (C=O) groups excluding carboxylic acids is 3. The van der Waals surface area contributed by atoms with Gasteiger partial charge in [0.05, 0.1) is 29.1 Å². The number of para-hydroxylation sites is 1. The Kier molecular flexibility index (Phi) is 7.98. The van der Waals surface area contributed by atoms with Crippen molar-refractivity contribution in [3.05, 3.63) is 71.2 Å². The van der Waals surface area contributed by atoms with E-state index in [-0.39, 0.29) is 30.5 Å². The van der Waals surface area contributed by atoms with Gasteiger partial charge in [0.1, 0.15) is 27.2 Å². The maximum absolute atomic E-state index is 13.6. The number of aryl methyl sites for hydroxylation is 1. The summed E-state index contributed by atoms with van der Waals surface area (Å²) in [6, 6.07) is 15.4. The Bertz CT molecular complexity index is 1690. The van der Waals surface area contributed by atoms with E-state index in [0.29, 0.717) is 51.0 Å². The Morgan fingerprint density at radius 1 is 1.16 bits per heavy atom. The first-order valence-electron chi connectivity index (χ1n) is 14.0. The quantitative estimate of drug-likeness (QED) is 0.265. The highest BCUT2D eigenvalue weighted by atomic mass is 32.1. The second kappa shape index (κ2) is 12.0. The van der Waals surface area contributed by atoms with Crippen molar-refractivity contribution >= 4 is 56.5 Å². The molecular formula is C31H32N6O5S. The molecule has 0 spiro atoms. The number of hydrogen-bond donors (Lipinski definition) is 3. The molecule has 2 aromatic heterocycles. The fourth-order valence-corrected chi connectivity index (χ4v) is 6.60. The van der Waals surface area contributed by atoms with Gasteiger partial charge in [0.15, 0.2) is 0 Å². The van der Waals surface area contributed by atoms with E-state index in [1.54, 1.807) is 22.1 Å². The number of anilines is 3. The molecule has 0 radical (unpaired) electrons. The number of aromatic nitrogens is 1. The van der Waals surface area contributed by atoms with Crippen LogP contribution >= 0.6 is 11.3 Å². The summed E-state index contributed by atoms with van der Waals surface area (Å²) in [7, 11) is 1.50. The maximum Gasteiger partial charge on any atom is 0.331 e. The molecule has 4 aromatic rings. The van der Waals surface area contributed by atoms with Gasteiger partial charge in [0.2, 0.25) is 5.91 Å². The molecule has 1 saturated heterocycles. The Balaban J connectivity index is 1.25. The molecule has 43 heavy (non-hydrogen) atoms. The first kappa shape index (κ1) is 28.6. The maximum atomic E-state index is 13.6. The Hall–Kier alpha value is -4.52. The van der Waals surface area contributed by atoms with Gasteiger partial charge < -0.3 is 30.7 Å². The number of nitrogens with zero attached hydrogens (tertiary/aromatic N) is 3. The van der Waals surface area contributed by atoms with E-state index in [2.05, 4.69) is 15.6 Å². The van der Waals surface area contributed by atoms with Gasteiger partial charge in [0.25, 0.3) is 5.91 Å². The summed E-state index contributed by atoms with van der Waals surface area (Å²) < 4.78 is 11.0. The molecule has 0 aliphatic carbocycles. The van der Waals surface area contributed by atoms with Gasteiger partial charge in [-0.25, -0.2) is 9.78 Å². The highest BCUT2D eigenvalue weighted by Gasteiger charge is 2.34. The normalized spacial score (nSPS) is 17.0. The molecule has 1 fully saturated rings. The van der Waals surface area contributed by atoms with Crippen LogP contribution in [0, 0.1) is 6.92 Å². The molecule has 222 valence electrons. The summed E-state index contributed by atoms with van der Waals surface area (Å²) in [6.45, 7) is 2.99. The topological polar surface area (TPSA) is 139 Å². The van der Waals surface area contributed by atoms with Crippen LogP contribution in [-0.4, -0.2) is 66.6 Å². The number of nitrogens with one attached hydrogen (secondary N) is 2. The molecule has 2 aliphatic rings. The summed E-state index contributed by atoms with van der Waals surface area (Å²) in [5.41, 5.74) is 8.56. The number of hydrogen-bond acceptors (Lipinski definition) is 8. The number of urea groups is 1. The van der Waals surface area contributed by atoms with E-state index in [1.807, 2.05) is 55.5 Å². The standard InChI is InChI=1S/C31H32N6O5S/c1-18-15-21(42-20-8-4-3-5-9-20)10-11-23(18)37-24-12-13-33-29-25(24)26(35-31(37)40)27(43-29)28(38)34-19-7-6-14-36(16-19)30(39)22(32)17-41-2/h3-5,8-13,15,19,22H,6-7,14,16-17,32H2,1-2H3,(H,34,38)(H,35,40)/t19-,22+/m1/s1. The molecule has 0 saturated carbocycles. The zero-order valence-electron chi connectivity index (χ0n) is 23.8. The number of nitrogens with two attached hydrogens (primary N) is 1. The van der Waals surface area contributed by atoms with E-state index in [9.17, 15) is 14.4 Å². The molecule has 4 heterocycles. The molecule has 0 unspecified atom stereocenters. The van der Waals surface area contributed by atoms with Crippen LogP contribution in [-0.2, 0) is 9.53 Å². The van der Waals surface area contributed by atoms with Gasteiger partial charge in [-0.05, 0) is 61.7 Å². The lowest BCUT2D eigenvalue weighted by molar-refractivity contribution is -0.135. The van der Waals surface area contributed by atoms with Crippen molar-refractivity contribution in [3.8, 4) is 11.5 Å². The molecule has 4 N–H and O–H groups in total. The van der Waals surface area contributed by atoms with Crippen LogP contribution in [0.25, 0.3) is 10.2 Å². The largest absolute Gasteiger partial charge is 0.457 e. The van der Waals surface area contributed by atoms with Crippen LogP contribution < -0.4 is 26.0 Å². The summed E-state index contributed by atoms with van der Waals surface area (Å²) in [4.78, 5) is 48.6. The van der Waals surface area contributed by atoms with Gasteiger partial charge in [-0.15, -0.1) is 11.3 Å². The van der Waals surface area contributed by atoms with Crippen molar-refractivity contribution < 1.29 is 23.9 Å². The number of piperidine rings is 1. The number of amides is 4. The minimum Gasteiger partial charge on any atom is -0.457 e. The van der Waals surface area contributed by atoms with Crippen LogP contribution in [0.5, 0.6) is 11.5 Å². The summed E-state index contributed by atoms with van der Waals surface area (Å²) >= 11 is 1.22. The molecule has 4 amide bonds. The lowest BCUT2D eigenvalue weighted by Gasteiger charge is -2.34. The molecule has 12 heteroatoms. The highest BCUT2D eigenvalue weighted by Crippen LogP contribution is 2.46. The van der Waals surface area contributed by atoms with Gasteiger partial charge in [-0.2, -0.15) is 0 Å². The lowest BCUT2D eigenvalue weighted by Crippen LogP contribution is -2.54. The van der Waals surface area contributed by atoms with Crippen molar-refractivity contribution in [2.75, 3.05) is 37.0 Å². The van der Waals surface area contributed by atoms with E-state index in [1.165, 1.54) is 18.4 Å². The number of likely N-dealkylation sites (tertiary alicyclic amines) is 1. The summed E-state index contributed by atoms with van der Waals surface area (Å²) in [5.74, 6) is 0.853. The number of thiophene rings is 1. The third-order valence-electron chi connectivity index (χ3n) is 7.57. The van der Waals surface area contributed by atoms with Gasteiger partial charge in [-0.1, -0.05) is 18.2 Å². The van der Waals surface area contributed by atoms with Crippen LogP contribution in [0.4, 0.5) is 21.9 Å². The Morgan fingerprint density at radius 3 is 2.74 bits per heavy atom. The fraction of sp³-hybridized carbons (Fsp3) is 0.290. The predicted molar refractivity (Wildman–Crippen MR) is 165 cm³/mol. The zero-order chi connectivity index (χ0) is 30.1. The van der Waals surface area contributed by atoms with Crippen LogP contribution in [0.15, 0.2) is 60.8 Å². The number of ether oxygens (including phenoxy) is 2. The molecule has 11 nitrogen and oxygen atoms in total. The monoisotopic (exact) mass is 600 g/mol. The molecule has 2 aromatic carbocycles. The predicted octanol–water partition coefficient (Wildman–Crippen LogP) is 4.78. The molecule has 2 atom stereocenters. The zero-order valence-corrected chi connectivity index (χ0v) is 24.6. The highest BCUT2D eigenvalue weighted by molar-refractivity contribution is 7.21. The second-order valence-corrected chi connectivity index (χ2v) is 11.6. The van der Waals surface area contributed by atoms with Gasteiger partial charge in [0, 0.05) is 32.4 Å². The van der Waals surface area contributed by atoms with E-state index < -0.39 is 6.04 Å². The van der Waals surface area contributed by atoms with E-state index >= 15 is 0 Å². The lowest BCUT2D eigenvalue weighted by atomic mass is 10.0. The number of benzene rings is 2. The number of carbonyl (C=O) groups is 3. The number of methoxy groups -OCH3 is 1. The first-order valence-corrected chi connectivity index (χ1v) is 14.9.